The summed E-state index contributed by atoms with van der Waals surface area (Å²) < 4.78 is 0. The fourth-order valence-electron chi connectivity index (χ4n) is 1.64. The van der Waals surface area contributed by atoms with Crippen LogP contribution in [0.5, 0.6) is 0 Å². The molecule has 5 nitrogen and oxygen atoms in total. The van der Waals surface area contributed by atoms with Crippen molar-refractivity contribution in [1.82, 2.24) is 5.06 Å². The van der Waals surface area contributed by atoms with E-state index in [1.807, 2.05) is 20.8 Å². The average molecular weight is 222 g/mol. The summed E-state index contributed by atoms with van der Waals surface area (Å²) in [6, 6.07) is 6.67. The number of hydrogen-bond acceptors (Lipinski definition) is 4. The van der Waals surface area contributed by atoms with Crippen molar-refractivity contribution in [1.29, 1.82) is 0 Å². The Kier molecular flexibility index (Phi) is 2.44. The highest BCUT2D eigenvalue weighted by Crippen LogP contribution is 2.45. The van der Waals surface area contributed by atoms with Gasteiger partial charge in [-0.2, -0.15) is 0 Å². The molecule has 1 heterocycles. The van der Waals surface area contributed by atoms with Gasteiger partial charge in [-0.3, -0.25) is 15.0 Å². The molecule has 1 saturated heterocycles. The van der Waals surface area contributed by atoms with Crippen molar-refractivity contribution in [3.63, 3.8) is 0 Å². The van der Waals surface area contributed by atoms with Crippen LogP contribution < -0.4 is 0 Å². The molecule has 2 atom stereocenters. The predicted octanol–water partition coefficient (Wildman–Crippen LogP) is 2.64. The number of rotatable bonds is 2. The topological polar surface area (TPSA) is 58.7 Å². The fourth-order valence-corrected chi connectivity index (χ4v) is 1.64. The van der Waals surface area contributed by atoms with E-state index in [1.54, 1.807) is 23.3 Å². The van der Waals surface area contributed by atoms with Crippen LogP contribution in [-0.4, -0.2) is 15.5 Å². The minimum absolute atomic E-state index is 0.110. The summed E-state index contributed by atoms with van der Waals surface area (Å²) in [7, 11) is 0. The van der Waals surface area contributed by atoms with Gasteiger partial charge in [0.1, 0.15) is 0 Å². The van der Waals surface area contributed by atoms with E-state index in [4.69, 9.17) is 4.84 Å². The van der Waals surface area contributed by atoms with Gasteiger partial charge >= 0.3 is 0 Å². The molecule has 86 valence electrons. The van der Waals surface area contributed by atoms with Gasteiger partial charge in [-0.1, -0.05) is 12.1 Å². The van der Waals surface area contributed by atoms with Crippen LogP contribution in [0.15, 0.2) is 24.3 Å². The van der Waals surface area contributed by atoms with Gasteiger partial charge in [0, 0.05) is 11.6 Å². The number of benzene rings is 1. The van der Waals surface area contributed by atoms with Crippen molar-refractivity contribution in [3.8, 4) is 0 Å². The van der Waals surface area contributed by atoms with E-state index in [0.717, 1.165) is 0 Å². The molecule has 0 aliphatic carbocycles. The Balaban J connectivity index is 2.27. The summed E-state index contributed by atoms with van der Waals surface area (Å²) in [5, 5.41) is 12.6. The van der Waals surface area contributed by atoms with Gasteiger partial charge in [0.15, 0.2) is 6.23 Å². The third-order valence-corrected chi connectivity index (χ3v) is 2.44. The maximum absolute atomic E-state index is 10.8. The molecular formula is C11H14N2O3. The zero-order valence-electron chi connectivity index (χ0n) is 9.51. The Morgan fingerprint density at radius 2 is 2.00 bits per heavy atom. The molecule has 0 radical (unpaired) electrons. The van der Waals surface area contributed by atoms with Crippen LogP contribution in [0.2, 0.25) is 0 Å². The first-order valence-electron chi connectivity index (χ1n) is 5.10. The van der Waals surface area contributed by atoms with Gasteiger partial charge in [0.25, 0.3) is 5.69 Å². The molecule has 1 fully saturated rings. The molecule has 2 unspecified atom stereocenters. The SMILES string of the molecule is CC(C)(C)N1OC1c1ccccc1[N+](=O)[O-]. The van der Waals surface area contributed by atoms with Crippen LogP contribution in [-0.2, 0) is 4.84 Å². The van der Waals surface area contributed by atoms with Crippen molar-refractivity contribution in [2.24, 2.45) is 0 Å². The molecule has 2 rings (SSSR count). The third-order valence-electron chi connectivity index (χ3n) is 2.44. The third kappa shape index (κ3) is 1.91. The van der Waals surface area contributed by atoms with Gasteiger partial charge in [-0.25, -0.2) is 0 Å². The molecule has 0 bridgehead atoms. The van der Waals surface area contributed by atoms with E-state index in [9.17, 15) is 10.1 Å². The van der Waals surface area contributed by atoms with Gasteiger partial charge < -0.3 is 0 Å². The van der Waals surface area contributed by atoms with E-state index < -0.39 is 0 Å². The maximum Gasteiger partial charge on any atom is 0.276 e. The zero-order valence-corrected chi connectivity index (χ0v) is 9.51. The minimum Gasteiger partial charge on any atom is -0.269 e. The molecule has 5 heteroatoms. The molecule has 0 aromatic heterocycles. The summed E-state index contributed by atoms with van der Waals surface area (Å²) >= 11 is 0. The van der Waals surface area contributed by atoms with Gasteiger partial charge in [-0.15, -0.1) is 5.06 Å². The number of nitro groups is 1. The maximum atomic E-state index is 10.8. The number of hydrogen-bond donors (Lipinski definition) is 0. The number of para-hydroxylation sites is 1. The lowest BCUT2D eigenvalue weighted by molar-refractivity contribution is -0.385. The van der Waals surface area contributed by atoms with Crippen molar-refractivity contribution in [2.45, 2.75) is 32.5 Å². The largest absolute Gasteiger partial charge is 0.276 e. The fraction of sp³-hybridized carbons (Fsp3) is 0.455. The molecule has 16 heavy (non-hydrogen) atoms. The van der Waals surface area contributed by atoms with Crippen molar-refractivity contribution in [3.05, 3.63) is 39.9 Å². The second-order valence-corrected chi connectivity index (χ2v) is 4.77. The lowest BCUT2D eigenvalue weighted by Gasteiger charge is -2.16. The van der Waals surface area contributed by atoms with Crippen LogP contribution in [0.1, 0.15) is 32.6 Å². The molecule has 1 aliphatic rings. The molecule has 0 spiro atoms. The van der Waals surface area contributed by atoms with Crippen molar-refractivity contribution < 1.29 is 9.76 Å². The Labute approximate surface area is 93.7 Å². The van der Waals surface area contributed by atoms with Crippen LogP contribution >= 0.6 is 0 Å². The summed E-state index contributed by atoms with van der Waals surface area (Å²) in [4.78, 5) is 15.9. The summed E-state index contributed by atoms with van der Waals surface area (Å²) in [5.41, 5.74) is 0.579. The molecular weight excluding hydrogens is 208 g/mol. The van der Waals surface area contributed by atoms with E-state index in [1.165, 1.54) is 6.07 Å². The molecule has 0 amide bonds. The first-order valence-corrected chi connectivity index (χ1v) is 5.10. The van der Waals surface area contributed by atoms with Gasteiger partial charge in [0.05, 0.1) is 10.5 Å². The first-order chi connectivity index (χ1) is 7.41. The lowest BCUT2D eigenvalue weighted by atomic mass is 10.1. The van der Waals surface area contributed by atoms with Gasteiger partial charge in [-0.05, 0) is 26.8 Å². The Morgan fingerprint density at radius 1 is 1.38 bits per heavy atom. The average Bonchev–Trinajstić information content (AvgIpc) is 2.96. The van der Waals surface area contributed by atoms with Crippen LogP contribution in [0, 0.1) is 10.1 Å². The highest BCUT2D eigenvalue weighted by molar-refractivity contribution is 5.42. The molecule has 1 aliphatic heterocycles. The molecule has 0 N–H and O–H groups in total. The molecule has 1 aromatic carbocycles. The van der Waals surface area contributed by atoms with Crippen LogP contribution in [0.25, 0.3) is 0 Å². The summed E-state index contributed by atoms with van der Waals surface area (Å²) in [6.07, 6.45) is -0.290. The van der Waals surface area contributed by atoms with E-state index in [-0.39, 0.29) is 22.4 Å². The Bertz CT molecular complexity index is 425. The summed E-state index contributed by atoms with van der Waals surface area (Å²) in [6.45, 7) is 6.01. The highest BCUT2D eigenvalue weighted by atomic mass is 16.8. The van der Waals surface area contributed by atoms with Crippen molar-refractivity contribution >= 4 is 5.69 Å². The number of nitro benzene ring substituents is 1. The summed E-state index contributed by atoms with van der Waals surface area (Å²) in [5.74, 6) is 0. The lowest BCUT2D eigenvalue weighted by Crippen LogP contribution is -2.25. The van der Waals surface area contributed by atoms with Crippen LogP contribution in [0.3, 0.4) is 0 Å². The highest BCUT2D eigenvalue weighted by Gasteiger charge is 2.48. The molecule has 1 aromatic rings. The van der Waals surface area contributed by atoms with Crippen molar-refractivity contribution in [2.75, 3.05) is 0 Å². The van der Waals surface area contributed by atoms with E-state index in [0.29, 0.717) is 5.56 Å². The molecule has 0 saturated carbocycles. The van der Waals surface area contributed by atoms with Crippen LogP contribution in [0.4, 0.5) is 5.69 Å². The Hall–Kier alpha value is -1.46. The van der Waals surface area contributed by atoms with E-state index >= 15 is 0 Å². The second-order valence-electron chi connectivity index (χ2n) is 4.77. The van der Waals surface area contributed by atoms with Gasteiger partial charge in [0.2, 0.25) is 0 Å². The smallest absolute Gasteiger partial charge is 0.269 e. The minimum atomic E-state index is -0.377. The normalized spacial score (nSPS) is 24.2. The zero-order chi connectivity index (χ0) is 11.9. The Morgan fingerprint density at radius 3 is 2.50 bits per heavy atom. The standard InChI is InChI=1S/C11H14N2O3/c1-11(2,3)12-10(16-12)8-6-4-5-7-9(8)13(14)15/h4-7,10H,1-3H3. The predicted molar refractivity (Wildman–Crippen MR) is 58.5 cm³/mol. The first kappa shape index (κ1) is 11.0. The monoisotopic (exact) mass is 222 g/mol. The second kappa shape index (κ2) is 3.54. The number of nitrogens with zero attached hydrogens (tertiary/aromatic N) is 2. The number of hydroxylamine groups is 2. The van der Waals surface area contributed by atoms with E-state index in [2.05, 4.69) is 0 Å². The quantitative estimate of drug-likeness (QED) is 0.438.